The predicted octanol–water partition coefficient (Wildman–Crippen LogP) is 4.59. The molecule has 1 heterocycles. The number of para-hydroxylation sites is 1. The zero-order valence-corrected chi connectivity index (χ0v) is 14.5. The maximum absolute atomic E-state index is 3.77. The summed E-state index contributed by atoms with van der Waals surface area (Å²) in [6.45, 7) is 15.0. The number of benzene rings is 1. The number of rotatable bonds is 5. The molecule has 0 amide bonds. The van der Waals surface area contributed by atoms with Crippen LogP contribution >= 0.6 is 0 Å². The van der Waals surface area contributed by atoms with Crippen LogP contribution < -0.4 is 10.2 Å². The summed E-state index contributed by atoms with van der Waals surface area (Å²) in [6.07, 6.45) is 3.83. The molecule has 0 spiro atoms. The maximum atomic E-state index is 3.77. The van der Waals surface area contributed by atoms with Crippen molar-refractivity contribution in [2.75, 3.05) is 18.0 Å². The Morgan fingerprint density at radius 3 is 2.24 bits per heavy atom. The highest BCUT2D eigenvalue weighted by Crippen LogP contribution is 2.28. The topological polar surface area (TPSA) is 15.3 Å². The van der Waals surface area contributed by atoms with Crippen molar-refractivity contribution in [1.82, 2.24) is 5.32 Å². The molecule has 21 heavy (non-hydrogen) atoms. The molecular weight excluding hydrogens is 256 g/mol. The Kier molecular flexibility index (Phi) is 4.98. The van der Waals surface area contributed by atoms with Gasteiger partial charge in [0, 0.05) is 30.9 Å². The van der Waals surface area contributed by atoms with Crippen molar-refractivity contribution in [1.29, 1.82) is 0 Å². The van der Waals surface area contributed by atoms with Gasteiger partial charge < -0.3 is 10.2 Å². The summed E-state index contributed by atoms with van der Waals surface area (Å²) in [7, 11) is 0. The van der Waals surface area contributed by atoms with Crippen molar-refractivity contribution in [3.8, 4) is 0 Å². The average molecular weight is 288 g/mol. The third-order valence-corrected chi connectivity index (χ3v) is 4.17. The first-order chi connectivity index (χ1) is 9.77. The molecule has 0 bridgehead atoms. The van der Waals surface area contributed by atoms with E-state index in [0.29, 0.717) is 5.41 Å². The first-order valence-electron chi connectivity index (χ1n) is 8.35. The van der Waals surface area contributed by atoms with E-state index in [4.69, 9.17) is 0 Å². The third-order valence-electron chi connectivity index (χ3n) is 4.17. The van der Waals surface area contributed by atoms with Crippen LogP contribution in [0.2, 0.25) is 0 Å². The Morgan fingerprint density at radius 1 is 1.00 bits per heavy atom. The van der Waals surface area contributed by atoms with E-state index in [9.17, 15) is 0 Å². The Labute approximate surface area is 130 Å². The Bertz CT molecular complexity index is 451. The van der Waals surface area contributed by atoms with E-state index in [1.54, 1.807) is 0 Å². The summed E-state index contributed by atoms with van der Waals surface area (Å²) in [5.41, 5.74) is 3.37. The number of hydrogen-bond acceptors (Lipinski definition) is 2. The van der Waals surface area contributed by atoms with Crippen LogP contribution in [0.5, 0.6) is 0 Å². The van der Waals surface area contributed by atoms with Gasteiger partial charge in [-0.2, -0.15) is 0 Å². The number of hydrogen-bond donors (Lipinski definition) is 1. The SMILES string of the molecule is CC(C)(C)CC(C)(C)NCc1ccccc1N1CCCC1. The van der Waals surface area contributed by atoms with Crippen molar-refractivity contribution in [3.63, 3.8) is 0 Å². The van der Waals surface area contributed by atoms with Gasteiger partial charge in [0.2, 0.25) is 0 Å². The van der Waals surface area contributed by atoms with Crippen molar-refractivity contribution in [2.45, 2.75) is 66.0 Å². The van der Waals surface area contributed by atoms with Crippen molar-refractivity contribution >= 4 is 5.69 Å². The van der Waals surface area contributed by atoms with Gasteiger partial charge in [0.25, 0.3) is 0 Å². The molecule has 0 radical (unpaired) electrons. The van der Waals surface area contributed by atoms with Crippen LogP contribution in [0.25, 0.3) is 0 Å². The van der Waals surface area contributed by atoms with Gasteiger partial charge in [-0.1, -0.05) is 39.0 Å². The predicted molar refractivity (Wildman–Crippen MR) is 92.9 cm³/mol. The zero-order chi connectivity index (χ0) is 15.5. The van der Waals surface area contributed by atoms with Crippen molar-refractivity contribution < 1.29 is 0 Å². The average Bonchev–Trinajstić information content (AvgIpc) is 2.87. The fraction of sp³-hybridized carbons (Fsp3) is 0.684. The quantitative estimate of drug-likeness (QED) is 0.852. The van der Waals surface area contributed by atoms with Crippen LogP contribution in [0.4, 0.5) is 5.69 Å². The van der Waals surface area contributed by atoms with Gasteiger partial charge >= 0.3 is 0 Å². The van der Waals surface area contributed by atoms with E-state index in [1.165, 1.54) is 43.6 Å². The van der Waals surface area contributed by atoms with E-state index < -0.39 is 0 Å². The molecule has 1 aliphatic heterocycles. The van der Waals surface area contributed by atoms with Crippen LogP contribution in [0.15, 0.2) is 24.3 Å². The summed E-state index contributed by atoms with van der Waals surface area (Å²) in [4.78, 5) is 2.54. The molecule has 0 unspecified atom stereocenters. The molecule has 0 aromatic heterocycles. The van der Waals surface area contributed by atoms with Crippen LogP contribution in [0.3, 0.4) is 0 Å². The molecule has 1 aromatic rings. The minimum absolute atomic E-state index is 0.163. The van der Waals surface area contributed by atoms with Gasteiger partial charge in [-0.3, -0.25) is 0 Å². The molecule has 0 saturated carbocycles. The first-order valence-corrected chi connectivity index (χ1v) is 8.35. The second kappa shape index (κ2) is 6.39. The minimum Gasteiger partial charge on any atom is -0.371 e. The maximum Gasteiger partial charge on any atom is 0.0411 e. The van der Waals surface area contributed by atoms with E-state index in [2.05, 4.69) is 69.1 Å². The molecule has 1 N–H and O–H groups in total. The van der Waals surface area contributed by atoms with Gasteiger partial charge in [0.1, 0.15) is 0 Å². The lowest BCUT2D eigenvalue weighted by Gasteiger charge is -2.34. The molecule has 118 valence electrons. The van der Waals surface area contributed by atoms with E-state index in [-0.39, 0.29) is 5.54 Å². The van der Waals surface area contributed by atoms with E-state index in [1.807, 2.05) is 0 Å². The lowest BCUT2D eigenvalue weighted by atomic mass is 9.81. The van der Waals surface area contributed by atoms with Crippen LogP contribution in [-0.2, 0) is 6.54 Å². The Hall–Kier alpha value is -1.02. The molecule has 2 nitrogen and oxygen atoms in total. The molecule has 1 aliphatic rings. The standard InChI is InChI=1S/C19H32N2/c1-18(2,3)15-19(4,5)20-14-16-10-6-7-11-17(16)21-12-8-9-13-21/h6-7,10-11,20H,8-9,12-15H2,1-5H3. The fourth-order valence-corrected chi connectivity index (χ4v) is 3.65. The number of nitrogens with zero attached hydrogens (tertiary/aromatic N) is 1. The van der Waals surface area contributed by atoms with Crippen LogP contribution in [-0.4, -0.2) is 18.6 Å². The lowest BCUT2D eigenvalue weighted by Crippen LogP contribution is -2.42. The van der Waals surface area contributed by atoms with E-state index >= 15 is 0 Å². The molecule has 1 fully saturated rings. The van der Waals surface area contributed by atoms with E-state index in [0.717, 1.165) is 6.54 Å². The molecule has 1 saturated heterocycles. The Balaban J connectivity index is 2.03. The lowest BCUT2D eigenvalue weighted by molar-refractivity contribution is 0.241. The summed E-state index contributed by atoms with van der Waals surface area (Å²) in [5, 5.41) is 3.77. The van der Waals surface area contributed by atoms with Crippen LogP contribution in [0.1, 0.15) is 59.4 Å². The first kappa shape index (κ1) is 16.4. The molecule has 1 aromatic carbocycles. The minimum atomic E-state index is 0.163. The van der Waals surface area contributed by atoms with Crippen LogP contribution in [0, 0.1) is 5.41 Å². The largest absolute Gasteiger partial charge is 0.371 e. The highest BCUT2D eigenvalue weighted by molar-refractivity contribution is 5.54. The molecule has 0 atom stereocenters. The highest BCUT2D eigenvalue weighted by atomic mass is 15.1. The van der Waals surface area contributed by atoms with Gasteiger partial charge in [-0.05, 0) is 50.2 Å². The van der Waals surface area contributed by atoms with Gasteiger partial charge in [0.15, 0.2) is 0 Å². The molecule has 2 heteroatoms. The zero-order valence-electron chi connectivity index (χ0n) is 14.5. The summed E-state index contributed by atoms with van der Waals surface area (Å²) >= 11 is 0. The smallest absolute Gasteiger partial charge is 0.0411 e. The second-order valence-corrected chi connectivity index (χ2v) is 8.30. The fourth-order valence-electron chi connectivity index (χ4n) is 3.65. The summed E-state index contributed by atoms with van der Waals surface area (Å²) in [5.74, 6) is 0. The number of nitrogens with one attached hydrogen (secondary N) is 1. The molecule has 0 aliphatic carbocycles. The Morgan fingerprint density at radius 2 is 1.62 bits per heavy atom. The molecule has 2 rings (SSSR count). The second-order valence-electron chi connectivity index (χ2n) is 8.30. The van der Waals surface area contributed by atoms with Crippen molar-refractivity contribution in [2.24, 2.45) is 5.41 Å². The number of anilines is 1. The van der Waals surface area contributed by atoms with Gasteiger partial charge in [-0.25, -0.2) is 0 Å². The highest BCUT2D eigenvalue weighted by Gasteiger charge is 2.25. The molecular formula is C19H32N2. The normalized spacial score (nSPS) is 16.5. The summed E-state index contributed by atoms with van der Waals surface area (Å²) < 4.78 is 0. The van der Waals surface area contributed by atoms with Gasteiger partial charge in [0.05, 0.1) is 0 Å². The monoisotopic (exact) mass is 288 g/mol. The third kappa shape index (κ3) is 5.03. The van der Waals surface area contributed by atoms with Crippen molar-refractivity contribution in [3.05, 3.63) is 29.8 Å². The van der Waals surface area contributed by atoms with Gasteiger partial charge in [-0.15, -0.1) is 0 Å². The summed E-state index contributed by atoms with van der Waals surface area (Å²) in [6, 6.07) is 8.87.